The minimum absolute atomic E-state index is 0.488. The van der Waals surface area contributed by atoms with E-state index in [1.54, 1.807) is 0 Å². The van der Waals surface area contributed by atoms with Crippen LogP contribution in [-0.4, -0.2) is 50.5 Å². The fourth-order valence-corrected chi connectivity index (χ4v) is 16.6. The van der Waals surface area contributed by atoms with Gasteiger partial charge in [0.25, 0.3) is 0 Å². The smallest absolute Gasteiger partial charge is 0.239 e. The Hall–Kier alpha value is -10.2. The number of aromatic nitrogens is 9. The van der Waals surface area contributed by atoms with Crippen molar-refractivity contribution < 1.29 is 0 Å². The molecule has 0 amide bonds. The predicted octanol–water partition coefficient (Wildman–Crippen LogP) is 13.4. The standard InChI is InChI=1S/C67H47N9Si/c1-3-47(72-56-33-14-10-29-51(56)52-30-11-15-34-57(52)72)42-41-45(2)77(48-24-6-4-7-25-48,49-26-8-5-9-27-49)50-28-22-23-46(43-50)55-44-64(75-62-39-20-18-37-60(62)73-58-35-16-12-31-53(58)69-66(73)75)71-65(68-55)76-63-40-21-19-38-61(63)74-59-36-17-13-32-54(59)70-67(74)76/h3-44H,2H2,1H3/b42-41-,47-3+. The summed E-state index contributed by atoms with van der Waals surface area (Å²) in [6, 6.07) is 83.8. The lowest BCUT2D eigenvalue weighted by Crippen LogP contribution is -2.68. The Morgan fingerprint density at radius 3 is 1.45 bits per heavy atom. The van der Waals surface area contributed by atoms with Gasteiger partial charge in [-0.25, -0.2) is 19.5 Å². The lowest BCUT2D eigenvalue weighted by molar-refractivity contribution is 0.930. The van der Waals surface area contributed by atoms with Gasteiger partial charge in [-0.2, -0.15) is 4.98 Å². The van der Waals surface area contributed by atoms with Crippen molar-refractivity contribution in [1.29, 1.82) is 0 Å². The average Bonchev–Trinajstić information content (AvgIpc) is 4.48. The molecule has 6 heterocycles. The Kier molecular flexibility index (Phi) is 10.1. The highest BCUT2D eigenvalue weighted by Gasteiger charge is 2.41. The molecule has 0 aliphatic rings. The van der Waals surface area contributed by atoms with Crippen LogP contribution in [0.15, 0.2) is 267 Å². The summed E-state index contributed by atoms with van der Waals surface area (Å²) in [5, 5.41) is 7.10. The summed E-state index contributed by atoms with van der Waals surface area (Å²) in [5.41, 5.74) is 12.9. The summed E-state index contributed by atoms with van der Waals surface area (Å²) in [5.74, 6) is 2.65. The van der Waals surface area contributed by atoms with Crippen LogP contribution in [0.25, 0.3) is 106 Å². The van der Waals surface area contributed by atoms with Crippen molar-refractivity contribution in [3.8, 4) is 23.0 Å². The van der Waals surface area contributed by atoms with Gasteiger partial charge in [0.05, 0.1) is 60.9 Å². The molecule has 0 radical (unpaired) electrons. The van der Waals surface area contributed by atoms with Crippen LogP contribution in [0.2, 0.25) is 0 Å². The van der Waals surface area contributed by atoms with E-state index < -0.39 is 8.07 Å². The molecule has 364 valence electrons. The molecule has 9 aromatic carbocycles. The second-order valence-corrected chi connectivity index (χ2v) is 23.4. The van der Waals surface area contributed by atoms with E-state index in [9.17, 15) is 0 Å². The van der Waals surface area contributed by atoms with Crippen LogP contribution in [-0.2, 0) is 0 Å². The minimum atomic E-state index is -3.18. The van der Waals surface area contributed by atoms with Crippen LogP contribution in [0.3, 0.4) is 0 Å². The zero-order valence-electron chi connectivity index (χ0n) is 42.0. The second-order valence-electron chi connectivity index (χ2n) is 19.5. The molecule has 6 aromatic heterocycles. The Morgan fingerprint density at radius 1 is 0.416 bits per heavy atom. The molecule has 0 N–H and O–H groups in total. The van der Waals surface area contributed by atoms with Gasteiger partial charge in [-0.3, -0.25) is 13.4 Å². The molecule has 0 aliphatic carbocycles. The third kappa shape index (κ3) is 6.65. The molecule has 10 heteroatoms. The zero-order valence-corrected chi connectivity index (χ0v) is 43.0. The molecule has 0 atom stereocenters. The van der Waals surface area contributed by atoms with Crippen LogP contribution < -0.4 is 15.6 Å². The molecular formula is C67H47N9Si. The fourth-order valence-electron chi connectivity index (χ4n) is 12.1. The SMILES string of the molecule is C=C(/C=C\C(=C/C)n1c2ccccc2c2ccccc21)[Si](c1ccccc1)(c1ccccc1)c1cccc(-c2cc(-n3c4ccccc4n4c5ccccc5nc34)nc(-n3c4ccccc4n4c5ccccc5nc34)n2)c1. The van der Waals surface area contributed by atoms with Crippen molar-refractivity contribution >= 4 is 107 Å². The quantitative estimate of drug-likeness (QED) is 0.0777. The Labute approximate surface area is 443 Å². The minimum Gasteiger partial charge on any atom is -0.310 e. The summed E-state index contributed by atoms with van der Waals surface area (Å²) in [7, 11) is -3.18. The van der Waals surface area contributed by atoms with E-state index in [0.717, 1.165) is 88.9 Å². The molecule has 0 saturated carbocycles. The second kappa shape index (κ2) is 17.5. The van der Waals surface area contributed by atoms with Gasteiger partial charge in [0, 0.05) is 28.1 Å². The molecular weight excluding hydrogens is 959 g/mol. The van der Waals surface area contributed by atoms with Gasteiger partial charge >= 0.3 is 0 Å². The zero-order chi connectivity index (χ0) is 51.2. The third-order valence-electron chi connectivity index (χ3n) is 15.4. The molecule has 0 spiro atoms. The van der Waals surface area contributed by atoms with Gasteiger partial charge in [-0.1, -0.05) is 194 Å². The normalized spacial score (nSPS) is 12.6. The summed E-state index contributed by atoms with van der Waals surface area (Å²) in [6.07, 6.45) is 6.72. The maximum atomic E-state index is 5.62. The van der Waals surface area contributed by atoms with Gasteiger partial charge < -0.3 is 4.57 Å². The van der Waals surface area contributed by atoms with Crippen LogP contribution >= 0.6 is 0 Å². The van der Waals surface area contributed by atoms with Gasteiger partial charge in [0.1, 0.15) is 5.82 Å². The van der Waals surface area contributed by atoms with E-state index in [1.807, 2.05) is 12.1 Å². The number of nitrogens with zero attached hydrogens (tertiary/aromatic N) is 9. The first kappa shape index (κ1) is 44.3. The number of allylic oxidation sites excluding steroid dienone is 5. The van der Waals surface area contributed by atoms with Crippen LogP contribution in [0.4, 0.5) is 0 Å². The lowest BCUT2D eigenvalue weighted by Gasteiger charge is -2.35. The first-order chi connectivity index (χ1) is 38.1. The molecule has 0 fully saturated rings. The molecule has 15 aromatic rings. The van der Waals surface area contributed by atoms with E-state index in [1.165, 1.54) is 26.3 Å². The number of para-hydroxylation sites is 10. The summed E-state index contributed by atoms with van der Waals surface area (Å²) < 4.78 is 11.1. The monoisotopic (exact) mass is 1010 g/mol. The number of hydrogen-bond acceptors (Lipinski definition) is 4. The first-order valence-corrected chi connectivity index (χ1v) is 28.0. The van der Waals surface area contributed by atoms with Crippen molar-refractivity contribution in [2.24, 2.45) is 0 Å². The van der Waals surface area contributed by atoms with E-state index in [4.69, 9.17) is 26.5 Å². The van der Waals surface area contributed by atoms with Crippen LogP contribution in [0.1, 0.15) is 6.92 Å². The first-order valence-electron chi connectivity index (χ1n) is 26.0. The van der Waals surface area contributed by atoms with Gasteiger partial charge in [-0.05, 0) is 89.2 Å². The van der Waals surface area contributed by atoms with Gasteiger partial charge in [-0.15, -0.1) is 0 Å². The Bertz CT molecular complexity index is 4650. The van der Waals surface area contributed by atoms with E-state index >= 15 is 0 Å². The molecule has 0 saturated heterocycles. The van der Waals surface area contributed by atoms with E-state index in [2.05, 4.69) is 272 Å². The summed E-state index contributed by atoms with van der Waals surface area (Å²) in [6.45, 7) is 7.22. The molecule has 15 rings (SSSR count). The highest BCUT2D eigenvalue weighted by molar-refractivity contribution is 7.16. The number of benzene rings is 9. The van der Waals surface area contributed by atoms with Crippen LogP contribution in [0.5, 0.6) is 0 Å². The molecule has 0 bridgehead atoms. The number of rotatable bonds is 10. The highest BCUT2D eigenvalue weighted by atomic mass is 28.3. The van der Waals surface area contributed by atoms with E-state index in [-0.39, 0.29) is 0 Å². The number of imidazole rings is 4. The lowest BCUT2D eigenvalue weighted by atomic mass is 10.1. The van der Waals surface area contributed by atoms with Crippen molar-refractivity contribution in [2.45, 2.75) is 6.92 Å². The van der Waals surface area contributed by atoms with Crippen molar-refractivity contribution in [2.75, 3.05) is 0 Å². The summed E-state index contributed by atoms with van der Waals surface area (Å²) >= 11 is 0. The Balaban J connectivity index is 0.975. The molecule has 77 heavy (non-hydrogen) atoms. The van der Waals surface area contributed by atoms with Crippen molar-refractivity contribution in [3.63, 3.8) is 0 Å². The molecule has 9 nitrogen and oxygen atoms in total. The summed E-state index contributed by atoms with van der Waals surface area (Å²) in [4.78, 5) is 21.8. The van der Waals surface area contributed by atoms with Crippen LogP contribution in [0, 0.1) is 0 Å². The highest BCUT2D eigenvalue weighted by Crippen LogP contribution is 2.35. The maximum absolute atomic E-state index is 5.62. The van der Waals surface area contributed by atoms with E-state index in [0.29, 0.717) is 11.8 Å². The van der Waals surface area contributed by atoms with Crippen molar-refractivity contribution in [3.05, 3.63) is 267 Å². The maximum Gasteiger partial charge on any atom is 0.239 e. The molecule has 0 aliphatic heterocycles. The predicted molar refractivity (Wildman–Crippen MR) is 319 cm³/mol. The average molecular weight is 1010 g/mol. The topological polar surface area (TPSA) is 75.2 Å². The largest absolute Gasteiger partial charge is 0.310 e. The fraction of sp³-hybridized carbons (Fsp3) is 0.0149. The Morgan fingerprint density at radius 2 is 0.883 bits per heavy atom. The van der Waals surface area contributed by atoms with Crippen molar-refractivity contribution in [1.82, 2.24) is 42.4 Å². The number of fused-ring (bicyclic) bond motifs is 13. The van der Waals surface area contributed by atoms with Gasteiger partial charge in [0.2, 0.25) is 17.5 Å². The number of hydrogen-bond donors (Lipinski definition) is 0. The molecule has 0 unspecified atom stereocenters. The third-order valence-corrected chi connectivity index (χ3v) is 20.1. The van der Waals surface area contributed by atoms with Gasteiger partial charge in [0.15, 0.2) is 8.07 Å².